The Morgan fingerprint density at radius 3 is 3.05 bits per heavy atom. The number of nitrogens with one attached hydrogen (secondary N) is 1. The molecule has 0 saturated carbocycles. The van der Waals surface area contributed by atoms with Crippen LogP contribution in [-0.2, 0) is 19.5 Å². The van der Waals surface area contributed by atoms with Gasteiger partial charge in [0.1, 0.15) is 12.2 Å². The van der Waals surface area contributed by atoms with Gasteiger partial charge in [0.15, 0.2) is 0 Å². The highest BCUT2D eigenvalue weighted by molar-refractivity contribution is 7.10. The minimum Gasteiger partial charge on any atom is -0.307 e. The minimum atomic E-state index is 0.483. The lowest BCUT2D eigenvalue weighted by molar-refractivity contribution is 0.359. The Morgan fingerprint density at radius 1 is 1.23 bits per heavy atom. The number of hydrogen-bond acceptors (Lipinski definition) is 4. The molecule has 1 N–H and O–H groups in total. The summed E-state index contributed by atoms with van der Waals surface area (Å²) >= 11 is 1.82. The summed E-state index contributed by atoms with van der Waals surface area (Å²) in [7, 11) is 0. The van der Waals surface area contributed by atoms with Crippen LogP contribution >= 0.6 is 11.3 Å². The molecule has 0 radical (unpaired) electrons. The van der Waals surface area contributed by atoms with Crippen LogP contribution in [-0.4, -0.2) is 20.8 Å². The van der Waals surface area contributed by atoms with Crippen molar-refractivity contribution >= 4 is 11.3 Å². The summed E-state index contributed by atoms with van der Waals surface area (Å²) in [6, 6.07) is 13.3. The molecule has 0 saturated heterocycles. The van der Waals surface area contributed by atoms with Crippen molar-refractivity contribution in [3.63, 3.8) is 0 Å². The topological polar surface area (TPSA) is 42.7 Å². The van der Waals surface area contributed by atoms with Crippen molar-refractivity contribution in [2.45, 2.75) is 32.0 Å². The Balaban J connectivity index is 1.38. The third-order valence-electron chi connectivity index (χ3n) is 4.13. The third-order valence-corrected chi connectivity index (χ3v) is 5.07. The summed E-state index contributed by atoms with van der Waals surface area (Å²) in [5.41, 5.74) is 2.60. The highest BCUT2D eigenvalue weighted by Gasteiger charge is 2.19. The monoisotopic (exact) mass is 310 g/mol. The molecular weight excluding hydrogens is 292 g/mol. The average Bonchev–Trinajstić information content (AvgIpc) is 3.22. The molecule has 1 aliphatic rings. The summed E-state index contributed by atoms with van der Waals surface area (Å²) in [6.07, 6.45) is 3.80. The summed E-state index contributed by atoms with van der Waals surface area (Å²) in [4.78, 5) is 5.65. The van der Waals surface area contributed by atoms with Crippen molar-refractivity contribution in [2.24, 2.45) is 0 Å². The second kappa shape index (κ2) is 6.02. The van der Waals surface area contributed by atoms with E-state index in [1.807, 2.05) is 16.0 Å². The minimum absolute atomic E-state index is 0.483. The van der Waals surface area contributed by atoms with E-state index in [1.54, 1.807) is 6.33 Å². The molecule has 3 heterocycles. The fourth-order valence-corrected chi connectivity index (χ4v) is 3.75. The maximum atomic E-state index is 4.27. The van der Waals surface area contributed by atoms with Crippen LogP contribution in [0.25, 0.3) is 11.1 Å². The van der Waals surface area contributed by atoms with Crippen LogP contribution in [0, 0.1) is 0 Å². The van der Waals surface area contributed by atoms with E-state index in [2.05, 4.69) is 57.2 Å². The zero-order valence-electron chi connectivity index (χ0n) is 12.3. The van der Waals surface area contributed by atoms with Crippen molar-refractivity contribution in [2.75, 3.05) is 0 Å². The van der Waals surface area contributed by atoms with Gasteiger partial charge in [-0.3, -0.25) is 0 Å². The SMILES string of the molecule is c1ccc(-c2csc(CNC3CCc4ncnn4C3)c2)cc1. The van der Waals surface area contributed by atoms with Gasteiger partial charge in [0.05, 0.1) is 6.54 Å². The largest absolute Gasteiger partial charge is 0.307 e. The Kier molecular flexibility index (Phi) is 3.74. The van der Waals surface area contributed by atoms with Gasteiger partial charge in [0.25, 0.3) is 0 Å². The lowest BCUT2D eigenvalue weighted by atomic mass is 10.1. The molecular formula is C17H18N4S. The number of hydrogen-bond donors (Lipinski definition) is 1. The van der Waals surface area contributed by atoms with Crippen molar-refractivity contribution in [1.82, 2.24) is 20.1 Å². The van der Waals surface area contributed by atoms with Crippen molar-refractivity contribution in [3.05, 3.63) is 58.8 Å². The maximum absolute atomic E-state index is 4.27. The standard InChI is InChI=1S/C17H18N4S/c1-2-4-13(5-3-1)14-8-16(22-11-14)9-18-15-6-7-17-19-12-20-21(17)10-15/h1-5,8,11-12,15,18H,6-7,9-10H2. The number of fused-ring (bicyclic) bond motifs is 1. The normalized spacial score (nSPS) is 17.4. The highest BCUT2D eigenvalue weighted by Crippen LogP contribution is 2.25. The lowest BCUT2D eigenvalue weighted by Crippen LogP contribution is -2.37. The lowest BCUT2D eigenvalue weighted by Gasteiger charge is -2.23. The van der Waals surface area contributed by atoms with Gasteiger partial charge in [0, 0.05) is 23.9 Å². The van der Waals surface area contributed by atoms with Gasteiger partial charge >= 0.3 is 0 Å². The van der Waals surface area contributed by atoms with E-state index in [9.17, 15) is 0 Å². The van der Waals surface area contributed by atoms with Gasteiger partial charge in [-0.15, -0.1) is 11.3 Å². The van der Waals surface area contributed by atoms with Crippen molar-refractivity contribution in [1.29, 1.82) is 0 Å². The summed E-state index contributed by atoms with van der Waals surface area (Å²) < 4.78 is 2.02. The number of nitrogens with zero attached hydrogens (tertiary/aromatic N) is 3. The second-order valence-electron chi connectivity index (χ2n) is 5.64. The average molecular weight is 310 g/mol. The molecule has 0 aliphatic carbocycles. The molecule has 0 spiro atoms. The Morgan fingerprint density at radius 2 is 2.14 bits per heavy atom. The van der Waals surface area contributed by atoms with Crippen LogP contribution in [0.1, 0.15) is 17.1 Å². The van der Waals surface area contributed by atoms with E-state index in [0.717, 1.165) is 31.8 Å². The number of aryl methyl sites for hydroxylation is 1. The zero-order valence-corrected chi connectivity index (χ0v) is 13.1. The van der Waals surface area contributed by atoms with E-state index < -0.39 is 0 Å². The van der Waals surface area contributed by atoms with Gasteiger partial charge in [-0.2, -0.15) is 5.10 Å². The molecule has 22 heavy (non-hydrogen) atoms. The van der Waals surface area contributed by atoms with Gasteiger partial charge in [-0.05, 0) is 29.0 Å². The van der Waals surface area contributed by atoms with Crippen LogP contribution in [0.3, 0.4) is 0 Å². The first-order chi connectivity index (χ1) is 10.9. The smallest absolute Gasteiger partial charge is 0.138 e. The van der Waals surface area contributed by atoms with E-state index in [4.69, 9.17) is 0 Å². The van der Waals surface area contributed by atoms with Crippen LogP contribution in [0.5, 0.6) is 0 Å². The summed E-state index contributed by atoms with van der Waals surface area (Å²) in [5, 5.41) is 10.2. The first-order valence-corrected chi connectivity index (χ1v) is 8.49. The molecule has 4 rings (SSSR count). The molecule has 3 aromatic rings. The van der Waals surface area contributed by atoms with E-state index in [0.29, 0.717) is 6.04 Å². The van der Waals surface area contributed by atoms with Crippen LogP contribution < -0.4 is 5.32 Å². The Hall–Kier alpha value is -1.98. The van der Waals surface area contributed by atoms with Gasteiger partial charge in [0.2, 0.25) is 0 Å². The van der Waals surface area contributed by atoms with Crippen molar-refractivity contribution in [3.8, 4) is 11.1 Å². The molecule has 1 aromatic carbocycles. The number of rotatable bonds is 4. The number of benzene rings is 1. The second-order valence-corrected chi connectivity index (χ2v) is 6.64. The van der Waals surface area contributed by atoms with Crippen LogP contribution in [0.2, 0.25) is 0 Å². The molecule has 2 aromatic heterocycles. The Labute approximate surface area is 133 Å². The summed E-state index contributed by atoms with van der Waals surface area (Å²) in [6.45, 7) is 1.85. The van der Waals surface area contributed by atoms with E-state index in [-0.39, 0.29) is 0 Å². The summed E-state index contributed by atoms with van der Waals surface area (Å²) in [5.74, 6) is 1.11. The molecule has 1 aliphatic heterocycles. The molecule has 1 unspecified atom stereocenters. The first kappa shape index (κ1) is 13.7. The highest BCUT2D eigenvalue weighted by atomic mass is 32.1. The van der Waals surface area contributed by atoms with E-state index in [1.165, 1.54) is 16.0 Å². The van der Waals surface area contributed by atoms with Gasteiger partial charge in [-0.25, -0.2) is 9.67 Å². The molecule has 5 heteroatoms. The molecule has 1 atom stereocenters. The quantitative estimate of drug-likeness (QED) is 0.805. The zero-order chi connectivity index (χ0) is 14.8. The van der Waals surface area contributed by atoms with Crippen LogP contribution in [0.4, 0.5) is 0 Å². The molecule has 0 fully saturated rings. The molecule has 112 valence electrons. The maximum Gasteiger partial charge on any atom is 0.138 e. The fourth-order valence-electron chi connectivity index (χ4n) is 2.90. The number of aromatic nitrogens is 3. The van der Waals surface area contributed by atoms with Crippen LogP contribution in [0.15, 0.2) is 48.1 Å². The predicted molar refractivity (Wildman–Crippen MR) is 88.7 cm³/mol. The number of thiophene rings is 1. The fraction of sp³-hybridized carbons (Fsp3) is 0.294. The van der Waals surface area contributed by atoms with Gasteiger partial charge in [-0.1, -0.05) is 30.3 Å². The molecule has 0 bridgehead atoms. The third kappa shape index (κ3) is 2.82. The molecule has 0 amide bonds. The first-order valence-electron chi connectivity index (χ1n) is 7.61. The van der Waals surface area contributed by atoms with Crippen molar-refractivity contribution < 1.29 is 0 Å². The predicted octanol–water partition coefficient (Wildman–Crippen LogP) is 3.11. The van der Waals surface area contributed by atoms with E-state index >= 15 is 0 Å². The molecule has 4 nitrogen and oxygen atoms in total. The van der Waals surface area contributed by atoms with Gasteiger partial charge < -0.3 is 5.32 Å². The Bertz CT molecular complexity index is 747.